The molecule has 0 fully saturated rings. The third-order valence-electron chi connectivity index (χ3n) is 2.50. The van der Waals surface area contributed by atoms with Crippen molar-refractivity contribution in [2.75, 3.05) is 0 Å². The summed E-state index contributed by atoms with van der Waals surface area (Å²) in [6, 6.07) is 10.9. The molecular weight excluding hydrogens is 348 g/mol. The van der Waals surface area contributed by atoms with Crippen molar-refractivity contribution < 1.29 is 0 Å². The second kappa shape index (κ2) is 5.03. The number of rotatable bonds is 2. The fraction of sp³-hybridized carbons (Fsp3) is 0.231. The van der Waals surface area contributed by atoms with Crippen LogP contribution >= 0.6 is 43.2 Å². The molecule has 0 aliphatic carbocycles. The molecule has 0 radical (unpaired) electrons. The topological polar surface area (TPSA) is 0 Å². The van der Waals surface area contributed by atoms with Crippen LogP contribution in [0.15, 0.2) is 34.8 Å². The van der Waals surface area contributed by atoms with Gasteiger partial charge in [-0.1, -0.05) is 44.0 Å². The Kier molecular flexibility index (Phi) is 3.88. The van der Waals surface area contributed by atoms with Crippen molar-refractivity contribution in [3.8, 4) is 0 Å². The van der Waals surface area contributed by atoms with Gasteiger partial charge < -0.3 is 0 Å². The summed E-state index contributed by atoms with van der Waals surface area (Å²) in [5, 5.41) is 0. The molecule has 1 heterocycles. The van der Waals surface area contributed by atoms with Crippen molar-refractivity contribution in [3.05, 3.63) is 55.7 Å². The second-order valence-corrected chi connectivity index (χ2v) is 6.91. The summed E-state index contributed by atoms with van der Waals surface area (Å²) in [6.45, 7) is 4.24. The van der Waals surface area contributed by atoms with Gasteiger partial charge in [-0.05, 0) is 43.2 Å². The number of halogens is 2. The molecule has 1 aromatic carbocycles. The Morgan fingerprint density at radius 1 is 1.12 bits per heavy atom. The Labute approximate surface area is 117 Å². The Balaban J connectivity index is 2.33. The van der Waals surface area contributed by atoms with Gasteiger partial charge in [-0.15, -0.1) is 11.3 Å². The van der Waals surface area contributed by atoms with Crippen LogP contribution in [0, 0.1) is 13.8 Å². The fourth-order valence-electron chi connectivity index (χ4n) is 1.52. The van der Waals surface area contributed by atoms with Crippen LogP contribution in [0.3, 0.4) is 0 Å². The van der Waals surface area contributed by atoms with Crippen LogP contribution in [0.2, 0.25) is 0 Å². The van der Waals surface area contributed by atoms with Crippen molar-refractivity contribution in [2.45, 2.75) is 18.7 Å². The lowest BCUT2D eigenvalue weighted by Gasteiger charge is -2.09. The molecule has 0 spiro atoms. The highest BCUT2D eigenvalue weighted by molar-refractivity contribution is 9.10. The number of benzene rings is 1. The smallest absolute Gasteiger partial charge is 0.0738 e. The summed E-state index contributed by atoms with van der Waals surface area (Å²) in [5.41, 5.74) is 2.56. The van der Waals surface area contributed by atoms with E-state index < -0.39 is 0 Å². The van der Waals surface area contributed by atoms with Crippen LogP contribution in [0.5, 0.6) is 0 Å². The minimum Gasteiger partial charge on any atom is -0.144 e. The first kappa shape index (κ1) is 12.3. The summed E-state index contributed by atoms with van der Waals surface area (Å²) in [7, 11) is 0. The first-order valence-corrected chi connectivity index (χ1v) is 7.57. The molecule has 0 amide bonds. The number of thiophene rings is 1. The van der Waals surface area contributed by atoms with Crippen LogP contribution in [0.4, 0.5) is 0 Å². The fourth-order valence-corrected chi connectivity index (χ4v) is 3.52. The van der Waals surface area contributed by atoms with Crippen molar-refractivity contribution in [3.63, 3.8) is 0 Å². The molecule has 0 saturated heterocycles. The number of alkyl halides is 1. The van der Waals surface area contributed by atoms with E-state index in [1.165, 1.54) is 25.4 Å². The molecule has 2 aromatic rings. The number of aryl methyl sites for hydroxylation is 2. The normalized spacial score (nSPS) is 12.8. The van der Waals surface area contributed by atoms with Gasteiger partial charge in [0.25, 0.3) is 0 Å². The molecule has 0 nitrogen and oxygen atoms in total. The summed E-state index contributed by atoms with van der Waals surface area (Å²) in [6.07, 6.45) is 0. The van der Waals surface area contributed by atoms with Crippen molar-refractivity contribution in [1.82, 2.24) is 0 Å². The van der Waals surface area contributed by atoms with E-state index in [-0.39, 0.29) is 0 Å². The highest BCUT2D eigenvalue weighted by Gasteiger charge is 2.12. The summed E-state index contributed by atoms with van der Waals surface area (Å²) in [4.78, 5) is 3.00. The van der Waals surface area contributed by atoms with Crippen LogP contribution in [0.25, 0.3) is 0 Å². The van der Waals surface area contributed by atoms with Gasteiger partial charge in [0.2, 0.25) is 0 Å². The largest absolute Gasteiger partial charge is 0.144 e. The van der Waals surface area contributed by atoms with E-state index in [9.17, 15) is 0 Å². The van der Waals surface area contributed by atoms with Crippen LogP contribution < -0.4 is 0 Å². The lowest BCUT2D eigenvalue weighted by atomic mass is 10.1. The van der Waals surface area contributed by atoms with E-state index in [4.69, 9.17) is 0 Å². The van der Waals surface area contributed by atoms with Crippen molar-refractivity contribution in [1.29, 1.82) is 0 Å². The van der Waals surface area contributed by atoms with Crippen molar-refractivity contribution >= 4 is 43.2 Å². The van der Waals surface area contributed by atoms with Gasteiger partial charge in [-0.3, -0.25) is 0 Å². The van der Waals surface area contributed by atoms with Gasteiger partial charge in [0.1, 0.15) is 0 Å². The van der Waals surface area contributed by atoms with Crippen molar-refractivity contribution in [2.24, 2.45) is 0 Å². The summed E-state index contributed by atoms with van der Waals surface area (Å²) < 4.78 is 1.17. The maximum absolute atomic E-state index is 3.76. The molecule has 1 aromatic heterocycles. The van der Waals surface area contributed by atoms with Crippen LogP contribution in [-0.4, -0.2) is 0 Å². The molecule has 3 heteroatoms. The lowest BCUT2D eigenvalue weighted by molar-refractivity contribution is 1.21. The van der Waals surface area contributed by atoms with E-state index in [1.807, 2.05) is 11.3 Å². The molecule has 1 unspecified atom stereocenters. The quantitative estimate of drug-likeness (QED) is 0.611. The molecule has 84 valence electrons. The molecule has 0 saturated carbocycles. The van der Waals surface area contributed by atoms with Gasteiger partial charge in [0.15, 0.2) is 0 Å². The highest BCUT2D eigenvalue weighted by atomic mass is 79.9. The van der Waals surface area contributed by atoms with Gasteiger partial charge >= 0.3 is 0 Å². The predicted molar refractivity (Wildman–Crippen MR) is 78.7 cm³/mol. The standard InChI is InChI=1S/C13H12Br2S/c1-8-3-5-10(7-11(8)14)13(15)12-6-4-9(2)16-12/h3-7,13H,1-2H3. The van der Waals surface area contributed by atoms with Gasteiger partial charge in [0, 0.05) is 14.2 Å². The zero-order chi connectivity index (χ0) is 11.7. The predicted octanol–water partition coefficient (Wildman–Crippen LogP) is 5.61. The molecule has 16 heavy (non-hydrogen) atoms. The molecular formula is C13H12Br2S. The average molecular weight is 360 g/mol. The molecule has 2 rings (SSSR count). The van der Waals surface area contributed by atoms with Gasteiger partial charge in [-0.25, -0.2) is 0 Å². The molecule has 0 aliphatic rings. The van der Waals surface area contributed by atoms with E-state index in [2.05, 4.69) is 76.0 Å². The zero-order valence-electron chi connectivity index (χ0n) is 9.13. The van der Waals surface area contributed by atoms with E-state index in [0.29, 0.717) is 4.83 Å². The first-order chi connectivity index (χ1) is 7.58. The number of hydrogen-bond acceptors (Lipinski definition) is 1. The highest BCUT2D eigenvalue weighted by Crippen LogP contribution is 2.36. The second-order valence-electron chi connectivity index (χ2n) is 3.82. The Bertz CT molecular complexity index is 502. The molecule has 1 atom stereocenters. The summed E-state index contributed by atoms with van der Waals surface area (Å²) in [5.74, 6) is 0. The minimum absolute atomic E-state index is 0.295. The minimum atomic E-state index is 0.295. The number of hydrogen-bond donors (Lipinski definition) is 0. The molecule has 0 aliphatic heterocycles. The Hall–Kier alpha value is -0.120. The lowest BCUT2D eigenvalue weighted by Crippen LogP contribution is -1.90. The summed E-state index contributed by atoms with van der Waals surface area (Å²) >= 11 is 9.17. The van der Waals surface area contributed by atoms with Gasteiger partial charge in [0.05, 0.1) is 4.83 Å². The van der Waals surface area contributed by atoms with Crippen LogP contribution in [0.1, 0.15) is 25.7 Å². The third kappa shape index (κ3) is 2.58. The molecule has 0 N–H and O–H groups in total. The Morgan fingerprint density at radius 3 is 2.44 bits per heavy atom. The average Bonchev–Trinajstić information content (AvgIpc) is 2.68. The van der Waals surface area contributed by atoms with E-state index in [1.54, 1.807) is 0 Å². The maximum atomic E-state index is 3.76. The third-order valence-corrected chi connectivity index (χ3v) is 5.74. The first-order valence-electron chi connectivity index (χ1n) is 5.04. The molecule has 0 bridgehead atoms. The monoisotopic (exact) mass is 358 g/mol. The van der Waals surface area contributed by atoms with E-state index in [0.717, 1.165) is 0 Å². The Morgan fingerprint density at radius 2 is 1.88 bits per heavy atom. The van der Waals surface area contributed by atoms with Crippen LogP contribution in [-0.2, 0) is 0 Å². The van der Waals surface area contributed by atoms with E-state index >= 15 is 0 Å². The van der Waals surface area contributed by atoms with Gasteiger partial charge in [-0.2, -0.15) is 0 Å². The zero-order valence-corrected chi connectivity index (χ0v) is 13.1. The maximum Gasteiger partial charge on any atom is 0.0738 e. The SMILES string of the molecule is Cc1ccc(C(Br)c2ccc(C)c(Br)c2)s1.